The first-order valence-electron chi connectivity index (χ1n) is 7.51. The standard InChI is InChI=1S/C16H25N3O2/c1-12(17)14-3-5-15(6-4-14)18-16(20)19(2)11-13-7-9-21-10-8-13/h3-6,12-13H,7-11,17H2,1-2H3,(H,18,20). The van der Waals surface area contributed by atoms with Gasteiger partial charge in [-0.05, 0) is 43.4 Å². The summed E-state index contributed by atoms with van der Waals surface area (Å²) in [5, 5.41) is 2.91. The molecule has 2 rings (SSSR count). The van der Waals surface area contributed by atoms with Crippen molar-refractivity contribution in [3.8, 4) is 0 Å². The molecule has 2 amide bonds. The third kappa shape index (κ3) is 4.72. The second kappa shape index (κ2) is 7.43. The average molecular weight is 291 g/mol. The molecule has 116 valence electrons. The topological polar surface area (TPSA) is 67.6 Å². The Balaban J connectivity index is 1.84. The summed E-state index contributed by atoms with van der Waals surface area (Å²) in [5.74, 6) is 0.537. The summed E-state index contributed by atoms with van der Waals surface area (Å²) in [6.07, 6.45) is 2.06. The van der Waals surface area contributed by atoms with Crippen LogP contribution in [0.1, 0.15) is 31.4 Å². The van der Waals surface area contributed by atoms with Crippen molar-refractivity contribution in [2.24, 2.45) is 11.7 Å². The van der Waals surface area contributed by atoms with Crippen molar-refractivity contribution in [2.75, 3.05) is 32.1 Å². The molecule has 5 heteroatoms. The molecule has 0 bridgehead atoms. The summed E-state index contributed by atoms with van der Waals surface area (Å²) in [6, 6.07) is 7.59. The first-order valence-corrected chi connectivity index (χ1v) is 7.51. The first kappa shape index (κ1) is 15.8. The SMILES string of the molecule is CC(N)c1ccc(NC(=O)N(C)CC2CCOCC2)cc1. The van der Waals surface area contributed by atoms with E-state index in [4.69, 9.17) is 10.5 Å². The van der Waals surface area contributed by atoms with Gasteiger partial charge >= 0.3 is 6.03 Å². The lowest BCUT2D eigenvalue weighted by Gasteiger charge is -2.27. The quantitative estimate of drug-likeness (QED) is 0.896. The number of rotatable bonds is 4. The number of urea groups is 1. The van der Waals surface area contributed by atoms with E-state index in [0.717, 1.165) is 43.9 Å². The van der Waals surface area contributed by atoms with Crippen LogP contribution in [0.4, 0.5) is 10.5 Å². The van der Waals surface area contributed by atoms with Gasteiger partial charge in [-0.2, -0.15) is 0 Å². The second-order valence-electron chi connectivity index (χ2n) is 5.78. The molecule has 0 radical (unpaired) electrons. The number of nitrogens with one attached hydrogen (secondary N) is 1. The molecule has 1 aromatic carbocycles. The highest BCUT2D eigenvalue weighted by Gasteiger charge is 2.18. The Kier molecular flexibility index (Phi) is 5.59. The van der Waals surface area contributed by atoms with Crippen LogP contribution in [-0.4, -0.2) is 37.7 Å². The molecule has 1 aliphatic heterocycles. The van der Waals surface area contributed by atoms with Crippen molar-refractivity contribution in [2.45, 2.75) is 25.8 Å². The number of carbonyl (C=O) groups is 1. The van der Waals surface area contributed by atoms with Crippen molar-refractivity contribution in [1.82, 2.24) is 4.90 Å². The minimum atomic E-state index is -0.0740. The minimum absolute atomic E-state index is 0.00551. The van der Waals surface area contributed by atoms with Gasteiger partial charge in [-0.1, -0.05) is 12.1 Å². The molecule has 1 aliphatic rings. The van der Waals surface area contributed by atoms with Gasteiger partial charge in [-0.25, -0.2) is 4.79 Å². The Morgan fingerprint density at radius 3 is 2.57 bits per heavy atom. The summed E-state index contributed by atoms with van der Waals surface area (Å²) in [6.45, 7) is 4.32. The van der Waals surface area contributed by atoms with Crippen molar-refractivity contribution in [1.29, 1.82) is 0 Å². The minimum Gasteiger partial charge on any atom is -0.381 e. The number of benzene rings is 1. The molecule has 1 aromatic rings. The van der Waals surface area contributed by atoms with E-state index >= 15 is 0 Å². The maximum Gasteiger partial charge on any atom is 0.321 e. The highest BCUT2D eigenvalue weighted by Crippen LogP contribution is 2.17. The number of carbonyl (C=O) groups excluding carboxylic acids is 1. The molecule has 21 heavy (non-hydrogen) atoms. The Bertz CT molecular complexity index is 453. The van der Waals surface area contributed by atoms with Gasteiger partial charge in [0.05, 0.1) is 0 Å². The third-order valence-corrected chi connectivity index (χ3v) is 3.91. The smallest absolute Gasteiger partial charge is 0.321 e. The summed E-state index contributed by atoms with van der Waals surface area (Å²) in [7, 11) is 1.83. The predicted octanol–water partition coefficient (Wildman–Crippen LogP) is 2.60. The zero-order valence-corrected chi connectivity index (χ0v) is 12.8. The van der Waals surface area contributed by atoms with Crippen LogP contribution in [0.3, 0.4) is 0 Å². The van der Waals surface area contributed by atoms with E-state index in [-0.39, 0.29) is 12.1 Å². The Morgan fingerprint density at radius 1 is 1.38 bits per heavy atom. The number of amides is 2. The van der Waals surface area contributed by atoms with E-state index in [2.05, 4.69) is 5.32 Å². The zero-order chi connectivity index (χ0) is 15.2. The fourth-order valence-electron chi connectivity index (χ4n) is 2.49. The number of hydrogen-bond donors (Lipinski definition) is 2. The largest absolute Gasteiger partial charge is 0.381 e. The maximum absolute atomic E-state index is 12.2. The van der Waals surface area contributed by atoms with Crippen molar-refractivity contribution < 1.29 is 9.53 Å². The van der Waals surface area contributed by atoms with Crippen LogP contribution in [0.25, 0.3) is 0 Å². The molecule has 1 atom stereocenters. The second-order valence-corrected chi connectivity index (χ2v) is 5.78. The molecule has 5 nitrogen and oxygen atoms in total. The number of nitrogens with zero attached hydrogens (tertiary/aromatic N) is 1. The molecule has 1 heterocycles. The van der Waals surface area contributed by atoms with Crippen LogP contribution in [0, 0.1) is 5.92 Å². The van der Waals surface area contributed by atoms with Gasteiger partial charge in [0, 0.05) is 38.5 Å². The maximum atomic E-state index is 12.2. The normalized spacial score (nSPS) is 17.3. The highest BCUT2D eigenvalue weighted by molar-refractivity contribution is 5.89. The van der Waals surface area contributed by atoms with Crippen LogP contribution >= 0.6 is 0 Å². The van der Waals surface area contributed by atoms with E-state index in [1.165, 1.54) is 0 Å². The number of hydrogen-bond acceptors (Lipinski definition) is 3. The molecule has 3 N–H and O–H groups in total. The van der Waals surface area contributed by atoms with E-state index in [9.17, 15) is 4.79 Å². The van der Waals surface area contributed by atoms with Gasteiger partial charge in [-0.3, -0.25) is 0 Å². The number of nitrogens with two attached hydrogens (primary N) is 1. The monoisotopic (exact) mass is 291 g/mol. The molecule has 1 unspecified atom stereocenters. The van der Waals surface area contributed by atoms with Gasteiger partial charge in [0.1, 0.15) is 0 Å². The van der Waals surface area contributed by atoms with Gasteiger partial charge in [-0.15, -0.1) is 0 Å². The Labute approximate surface area is 126 Å². The van der Waals surface area contributed by atoms with Crippen LogP contribution in [0.2, 0.25) is 0 Å². The molecule has 0 aliphatic carbocycles. The lowest BCUT2D eigenvalue weighted by atomic mass is 10.00. The molecule has 0 saturated carbocycles. The lowest BCUT2D eigenvalue weighted by molar-refractivity contribution is 0.0592. The Morgan fingerprint density at radius 2 is 2.00 bits per heavy atom. The molecule has 0 spiro atoms. The summed E-state index contributed by atoms with van der Waals surface area (Å²) >= 11 is 0. The molecule has 1 saturated heterocycles. The van der Waals surface area contributed by atoms with Crippen molar-refractivity contribution >= 4 is 11.7 Å². The van der Waals surface area contributed by atoms with E-state index in [0.29, 0.717) is 5.92 Å². The van der Waals surface area contributed by atoms with Crippen LogP contribution < -0.4 is 11.1 Å². The highest BCUT2D eigenvalue weighted by atomic mass is 16.5. The van der Waals surface area contributed by atoms with Crippen LogP contribution in [0.5, 0.6) is 0 Å². The van der Waals surface area contributed by atoms with Crippen LogP contribution in [0.15, 0.2) is 24.3 Å². The van der Waals surface area contributed by atoms with Gasteiger partial charge < -0.3 is 20.7 Å². The fraction of sp³-hybridized carbons (Fsp3) is 0.562. The summed E-state index contributed by atoms with van der Waals surface area (Å²) < 4.78 is 5.34. The van der Waals surface area contributed by atoms with Crippen LogP contribution in [-0.2, 0) is 4.74 Å². The van der Waals surface area contributed by atoms with E-state index < -0.39 is 0 Å². The van der Waals surface area contributed by atoms with Gasteiger partial charge in [0.25, 0.3) is 0 Å². The third-order valence-electron chi connectivity index (χ3n) is 3.91. The van der Waals surface area contributed by atoms with E-state index in [1.807, 2.05) is 38.2 Å². The average Bonchev–Trinajstić information content (AvgIpc) is 2.48. The molecular weight excluding hydrogens is 266 g/mol. The number of ether oxygens (including phenoxy) is 1. The fourth-order valence-corrected chi connectivity index (χ4v) is 2.49. The molecule has 0 aromatic heterocycles. The van der Waals surface area contributed by atoms with E-state index in [1.54, 1.807) is 4.90 Å². The zero-order valence-electron chi connectivity index (χ0n) is 12.8. The number of anilines is 1. The molecule has 1 fully saturated rings. The van der Waals surface area contributed by atoms with Crippen molar-refractivity contribution in [3.63, 3.8) is 0 Å². The lowest BCUT2D eigenvalue weighted by Crippen LogP contribution is -2.36. The predicted molar refractivity (Wildman–Crippen MR) is 84.2 cm³/mol. The van der Waals surface area contributed by atoms with Crippen molar-refractivity contribution in [3.05, 3.63) is 29.8 Å². The Hall–Kier alpha value is -1.59. The molecular formula is C16H25N3O2. The summed E-state index contributed by atoms with van der Waals surface area (Å²) in [5.41, 5.74) is 7.67. The summed E-state index contributed by atoms with van der Waals surface area (Å²) in [4.78, 5) is 13.9. The van der Waals surface area contributed by atoms with Gasteiger partial charge in [0.15, 0.2) is 0 Å². The van der Waals surface area contributed by atoms with Gasteiger partial charge in [0.2, 0.25) is 0 Å². The first-order chi connectivity index (χ1) is 10.1.